The van der Waals surface area contributed by atoms with Crippen molar-refractivity contribution in [3.63, 3.8) is 0 Å². The van der Waals surface area contributed by atoms with Gasteiger partial charge in [0.15, 0.2) is 5.17 Å². The molecular weight excluding hydrogens is 512 g/mol. The fraction of sp³-hybridized carbons (Fsp3) is 0.200. The van der Waals surface area contributed by atoms with Gasteiger partial charge in [0.1, 0.15) is 11.5 Å². The zero-order chi connectivity index (χ0) is 27.2. The highest BCUT2D eigenvalue weighted by molar-refractivity contribution is 8.16. The summed E-state index contributed by atoms with van der Waals surface area (Å²) in [5.41, 5.74) is 3.50. The number of carbonyl (C=O) groups is 2. The highest BCUT2D eigenvalue weighted by Gasteiger charge is 2.41. The molecule has 198 valence electrons. The molecule has 1 atom stereocenters. The third-order valence-corrected chi connectivity index (χ3v) is 7.09. The van der Waals surface area contributed by atoms with Crippen LogP contribution >= 0.6 is 11.8 Å². The number of carbonyl (C=O) groups excluding carboxylic acids is 2. The Balaban J connectivity index is 1.44. The van der Waals surface area contributed by atoms with Crippen LogP contribution in [0.25, 0.3) is 0 Å². The summed E-state index contributed by atoms with van der Waals surface area (Å²) in [5, 5.41) is 5.58. The predicted octanol–water partition coefficient (Wildman–Crippen LogP) is 5.72. The highest BCUT2D eigenvalue weighted by Crippen LogP contribution is 2.45. The Morgan fingerprint density at radius 1 is 1.05 bits per heavy atom. The Morgan fingerprint density at radius 3 is 2.64 bits per heavy atom. The number of benzene rings is 2. The van der Waals surface area contributed by atoms with Gasteiger partial charge in [-0.3, -0.25) is 9.78 Å². The van der Waals surface area contributed by atoms with Crippen molar-refractivity contribution < 1.29 is 19.1 Å². The van der Waals surface area contributed by atoms with Crippen molar-refractivity contribution in [1.29, 1.82) is 0 Å². The maximum Gasteiger partial charge on any atom is 0.338 e. The van der Waals surface area contributed by atoms with Crippen molar-refractivity contribution in [2.45, 2.75) is 32.9 Å². The molecule has 3 aromatic rings. The average Bonchev–Trinajstić information content (AvgIpc) is 3.34. The molecule has 0 radical (unpaired) electrons. The van der Waals surface area contributed by atoms with E-state index in [1.54, 1.807) is 19.3 Å². The molecule has 0 spiro atoms. The maximum absolute atomic E-state index is 13.2. The predicted molar refractivity (Wildman–Crippen MR) is 151 cm³/mol. The lowest BCUT2D eigenvalue weighted by Gasteiger charge is -2.36. The van der Waals surface area contributed by atoms with E-state index in [1.165, 1.54) is 11.8 Å². The second-order valence-electron chi connectivity index (χ2n) is 8.92. The molecule has 1 aromatic heterocycles. The van der Waals surface area contributed by atoms with E-state index in [1.807, 2.05) is 84.0 Å². The number of esters is 1. The van der Waals surface area contributed by atoms with E-state index < -0.39 is 12.0 Å². The van der Waals surface area contributed by atoms with Crippen molar-refractivity contribution in [2.24, 2.45) is 4.99 Å². The Hall–Kier alpha value is -4.37. The molecule has 0 saturated carbocycles. The summed E-state index contributed by atoms with van der Waals surface area (Å²) in [6.45, 7) is 4.21. The largest absolute Gasteiger partial charge is 0.463 e. The molecule has 3 heterocycles. The molecule has 0 saturated heterocycles. The van der Waals surface area contributed by atoms with E-state index in [4.69, 9.17) is 14.5 Å². The number of aliphatic imine (C=N–C) groups is 1. The Bertz CT molecular complexity index is 1450. The first-order valence-corrected chi connectivity index (χ1v) is 13.5. The van der Waals surface area contributed by atoms with Gasteiger partial charge in [-0.25, -0.2) is 9.79 Å². The van der Waals surface area contributed by atoms with Gasteiger partial charge in [-0.1, -0.05) is 48.2 Å². The van der Waals surface area contributed by atoms with Crippen molar-refractivity contribution in [3.8, 4) is 11.5 Å². The number of thioether (sulfide) groups is 1. The summed E-state index contributed by atoms with van der Waals surface area (Å²) >= 11 is 1.43. The zero-order valence-corrected chi connectivity index (χ0v) is 22.5. The molecule has 0 aliphatic carbocycles. The molecule has 5 rings (SSSR count). The van der Waals surface area contributed by atoms with Gasteiger partial charge in [0.05, 0.1) is 30.3 Å². The zero-order valence-electron chi connectivity index (χ0n) is 21.7. The van der Waals surface area contributed by atoms with Crippen LogP contribution in [0.15, 0.2) is 106 Å². The molecule has 0 fully saturated rings. The molecule has 9 heteroatoms. The van der Waals surface area contributed by atoms with Crippen molar-refractivity contribution in [2.75, 3.05) is 6.61 Å². The lowest BCUT2D eigenvalue weighted by Crippen LogP contribution is -2.38. The molecule has 2 aliphatic heterocycles. The monoisotopic (exact) mass is 540 g/mol. The van der Waals surface area contributed by atoms with Gasteiger partial charge in [0.2, 0.25) is 5.91 Å². The van der Waals surface area contributed by atoms with E-state index in [-0.39, 0.29) is 18.9 Å². The number of pyridine rings is 1. The van der Waals surface area contributed by atoms with E-state index >= 15 is 0 Å². The van der Waals surface area contributed by atoms with Gasteiger partial charge in [-0.05, 0) is 60.7 Å². The molecule has 0 unspecified atom stereocenters. The number of para-hydroxylation sites is 1. The van der Waals surface area contributed by atoms with Crippen LogP contribution in [0.4, 0.5) is 0 Å². The number of aromatic nitrogens is 1. The summed E-state index contributed by atoms with van der Waals surface area (Å²) in [6.07, 6.45) is 3.54. The third-order valence-electron chi connectivity index (χ3n) is 6.20. The topological polar surface area (TPSA) is 93.1 Å². The molecule has 0 bridgehead atoms. The van der Waals surface area contributed by atoms with Gasteiger partial charge in [0.25, 0.3) is 0 Å². The smallest absolute Gasteiger partial charge is 0.338 e. The SMILES string of the molecule is CCOC(=O)C1=C(C)N=C2SC=C(CC(=O)NCc3cccnc3)N2[C@H]1c1cccc(Oc2ccccc2)c1. The van der Waals surface area contributed by atoms with E-state index in [9.17, 15) is 9.59 Å². The van der Waals surface area contributed by atoms with Crippen LogP contribution in [0.1, 0.15) is 37.4 Å². The number of fused-ring (bicyclic) bond motifs is 1. The number of hydrogen-bond donors (Lipinski definition) is 1. The van der Waals surface area contributed by atoms with Crippen LogP contribution in [0, 0.1) is 0 Å². The number of hydrogen-bond acceptors (Lipinski definition) is 8. The van der Waals surface area contributed by atoms with Crippen LogP contribution in [0.2, 0.25) is 0 Å². The van der Waals surface area contributed by atoms with Gasteiger partial charge in [-0.15, -0.1) is 0 Å². The van der Waals surface area contributed by atoms with Crippen LogP contribution < -0.4 is 10.1 Å². The number of amidine groups is 1. The molecule has 8 nitrogen and oxygen atoms in total. The number of allylic oxidation sites excluding steroid dienone is 1. The van der Waals surface area contributed by atoms with Crippen molar-refractivity contribution in [3.05, 3.63) is 113 Å². The average molecular weight is 541 g/mol. The minimum Gasteiger partial charge on any atom is -0.463 e. The third kappa shape index (κ3) is 6.04. The number of rotatable bonds is 9. The summed E-state index contributed by atoms with van der Waals surface area (Å²) in [6, 6.07) is 20.3. The van der Waals surface area contributed by atoms with E-state index in [0.717, 1.165) is 16.8 Å². The molecular formula is C30H28N4O4S. The molecule has 2 aromatic carbocycles. The fourth-order valence-electron chi connectivity index (χ4n) is 4.46. The minimum absolute atomic E-state index is 0.123. The maximum atomic E-state index is 13.2. The first-order chi connectivity index (χ1) is 19.0. The standard InChI is InChI=1S/C30H28N4O4S/c1-3-37-29(36)27-20(2)33-30-34(23(19-39-30)16-26(35)32-18-21-9-8-14-31-17-21)28(27)22-10-7-13-25(15-22)38-24-11-5-4-6-12-24/h4-15,17,19,28H,3,16,18H2,1-2H3,(H,32,35)/t28-/m0/s1. The van der Waals surface area contributed by atoms with Crippen LogP contribution in [-0.4, -0.2) is 33.5 Å². The summed E-state index contributed by atoms with van der Waals surface area (Å²) < 4.78 is 11.5. The normalized spacial score (nSPS) is 16.3. The fourth-order valence-corrected chi connectivity index (χ4v) is 5.42. The van der Waals surface area contributed by atoms with Crippen LogP contribution in [0.3, 0.4) is 0 Å². The second kappa shape index (κ2) is 12.0. The van der Waals surface area contributed by atoms with Gasteiger partial charge in [0, 0.05) is 24.6 Å². The Morgan fingerprint density at radius 2 is 1.87 bits per heavy atom. The van der Waals surface area contributed by atoms with Crippen molar-refractivity contribution in [1.82, 2.24) is 15.2 Å². The number of amides is 1. The number of nitrogens with zero attached hydrogens (tertiary/aromatic N) is 3. The van der Waals surface area contributed by atoms with E-state index in [2.05, 4.69) is 10.3 Å². The van der Waals surface area contributed by atoms with Crippen LogP contribution in [-0.2, 0) is 20.9 Å². The van der Waals surface area contributed by atoms with Gasteiger partial charge in [-0.2, -0.15) is 0 Å². The number of nitrogens with one attached hydrogen (secondary N) is 1. The lowest BCUT2D eigenvalue weighted by molar-refractivity contribution is -0.139. The molecule has 1 N–H and O–H groups in total. The summed E-state index contributed by atoms with van der Waals surface area (Å²) in [7, 11) is 0. The van der Waals surface area contributed by atoms with E-state index in [0.29, 0.717) is 34.5 Å². The van der Waals surface area contributed by atoms with Gasteiger partial charge >= 0.3 is 5.97 Å². The molecule has 2 aliphatic rings. The van der Waals surface area contributed by atoms with Crippen LogP contribution in [0.5, 0.6) is 11.5 Å². The summed E-state index contributed by atoms with van der Waals surface area (Å²) in [4.78, 5) is 36.9. The van der Waals surface area contributed by atoms with Gasteiger partial charge < -0.3 is 19.7 Å². The Kier molecular flexibility index (Phi) is 8.07. The lowest BCUT2D eigenvalue weighted by atomic mass is 9.93. The second-order valence-corrected chi connectivity index (χ2v) is 9.75. The first kappa shape index (κ1) is 26.2. The highest BCUT2D eigenvalue weighted by atomic mass is 32.2. The minimum atomic E-state index is -0.539. The first-order valence-electron chi connectivity index (χ1n) is 12.6. The number of ether oxygens (including phenoxy) is 2. The molecule has 1 amide bonds. The molecule has 39 heavy (non-hydrogen) atoms. The quantitative estimate of drug-likeness (QED) is 0.347. The van der Waals surface area contributed by atoms with Crippen molar-refractivity contribution >= 4 is 28.8 Å². The summed E-state index contributed by atoms with van der Waals surface area (Å²) in [5.74, 6) is 0.765. The Labute approximate surface area is 231 Å².